The fraction of sp³-hybridized carbons (Fsp3) is 0.400. The topological polar surface area (TPSA) is 46.2 Å². The van der Waals surface area contributed by atoms with E-state index < -0.39 is 0 Å². The van der Waals surface area contributed by atoms with Crippen LogP contribution in [0.25, 0.3) is 0 Å². The van der Waals surface area contributed by atoms with Crippen LogP contribution in [-0.4, -0.2) is 18.2 Å². The first-order valence-electron chi connectivity index (χ1n) is 4.44. The minimum Gasteiger partial charge on any atom is -0.348 e. The highest BCUT2D eigenvalue weighted by Crippen LogP contribution is 2.06. The lowest BCUT2D eigenvalue weighted by molar-refractivity contribution is -0.123. The SMILES string of the molecule is CC(C)C(=O)NCC(=O)c1ccsc1. The summed E-state index contributed by atoms with van der Waals surface area (Å²) in [5.74, 6) is -0.209. The van der Waals surface area contributed by atoms with Gasteiger partial charge in [-0.3, -0.25) is 9.59 Å². The smallest absolute Gasteiger partial charge is 0.222 e. The average Bonchev–Trinajstić information content (AvgIpc) is 2.66. The highest BCUT2D eigenvalue weighted by atomic mass is 32.1. The maximum atomic E-state index is 11.4. The molecule has 0 aliphatic heterocycles. The van der Waals surface area contributed by atoms with E-state index in [-0.39, 0.29) is 24.2 Å². The van der Waals surface area contributed by atoms with Crippen LogP contribution in [0.2, 0.25) is 0 Å². The Balaban J connectivity index is 2.40. The number of carbonyl (C=O) groups is 2. The molecule has 3 nitrogen and oxygen atoms in total. The molecule has 1 amide bonds. The van der Waals surface area contributed by atoms with Crippen LogP contribution in [0.15, 0.2) is 16.8 Å². The predicted molar refractivity (Wildman–Crippen MR) is 56.5 cm³/mol. The zero-order valence-electron chi connectivity index (χ0n) is 8.24. The molecule has 4 heteroatoms. The second-order valence-corrected chi connectivity index (χ2v) is 4.09. The van der Waals surface area contributed by atoms with Crippen molar-refractivity contribution in [1.29, 1.82) is 0 Å². The van der Waals surface area contributed by atoms with Crippen LogP contribution in [-0.2, 0) is 4.79 Å². The van der Waals surface area contributed by atoms with Crippen LogP contribution in [0.1, 0.15) is 24.2 Å². The van der Waals surface area contributed by atoms with Gasteiger partial charge < -0.3 is 5.32 Å². The Hall–Kier alpha value is -1.16. The molecule has 0 saturated heterocycles. The van der Waals surface area contributed by atoms with Gasteiger partial charge in [0.15, 0.2) is 5.78 Å². The van der Waals surface area contributed by atoms with Gasteiger partial charge in [-0.05, 0) is 11.4 Å². The van der Waals surface area contributed by atoms with Crippen LogP contribution in [0.4, 0.5) is 0 Å². The molecule has 0 saturated carbocycles. The second-order valence-electron chi connectivity index (χ2n) is 3.31. The Bertz CT molecular complexity index is 317. The molecular weight excluding hydrogens is 198 g/mol. The maximum absolute atomic E-state index is 11.4. The lowest BCUT2D eigenvalue weighted by Gasteiger charge is -2.05. The number of amides is 1. The molecule has 14 heavy (non-hydrogen) atoms. The van der Waals surface area contributed by atoms with E-state index >= 15 is 0 Å². The second kappa shape index (κ2) is 4.91. The standard InChI is InChI=1S/C10H13NO2S/c1-7(2)10(13)11-5-9(12)8-3-4-14-6-8/h3-4,6-7H,5H2,1-2H3,(H,11,13). The Labute approximate surface area is 87.1 Å². The minimum atomic E-state index is -0.0893. The van der Waals surface area contributed by atoms with Crippen molar-refractivity contribution < 1.29 is 9.59 Å². The first kappa shape index (κ1) is 10.9. The Morgan fingerprint density at radius 2 is 2.21 bits per heavy atom. The number of Topliss-reactive ketones (excluding diaryl/α,β-unsaturated/α-hetero) is 1. The number of rotatable bonds is 4. The van der Waals surface area contributed by atoms with Gasteiger partial charge in [0.2, 0.25) is 5.91 Å². The molecule has 1 rings (SSSR count). The molecule has 0 atom stereocenters. The van der Waals surface area contributed by atoms with Crippen molar-refractivity contribution in [3.63, 3.8) is 0 Å². The van der Waals surface area contributed by atoms with Gasteiger partial charge in [-0.2, -0.15) is 11.3 Å². The molecule has 0 bridgehead atoms. The minimum absolute atomic E-state index is 0.0414. The van der Waals surface area contributed by atoms with E-state index in [4.69, 9.17) is 0 Å². The van der Waals surface area contributed by atoms with Crippen LogP contribution in [0.5, 0.6) is 0 Å². The van der Waals surface area contributed by atoms with E-state index in [2.05, 4.69) is 5.32 Å². The molecule has 0 unspecified atom stereocenters. The van der Waals surface area contributed by atoms with E-state index in [0.29, 0.717) is 5.56 Å². The lowest BCUT2D eigenvalue weighted by atomic mass is 10.2. The summed E-state index contributed by atoms with van der Waals surface area (Å²) in [4.78, 5) is 22.6. The van der Waals surface area contributed by atoms with Crippen molar-refractivity contribution in [2.75, 3.05) is 6.54 Å². The van der Waals surface area contributed by atoms with Gasteiger partial charge in [-0.1, -0.05) is 13.8 Å². The van der Waals surface area contributed by atoms with Gasteiger partial charge >= 0.3 is 0 Å². The summed E-state index contributed by atoms with van der Waals surface area (Å²) >= 11 is 1.47. The summed E-state index contributed by atoms with van der Waals surface area (Å²) in [6, 6.07) is 1.76. The summed E-state index contributed by atoms with van der Waals surface area (Å²) in [5, 5.41) is 6.21. The fourth-order valence-electron chi connectivity index (χ4n) is 0.897. The molecule has 0 spiro atoms. The lowest BCUT2D eigenvalue weighted by Crippen LogP contribution is -2.32. The normalized spacial score (nSPS) is 10.2. The molecule has 0 aliphatic rings. The van der Waals surface area contributed by atoms with Gasteiger partial charge in [-0.15, -0.1) is 0 Å². The Kier molecular flexibility index (Phi) is 3.83. The third-order valence-corrected chi connectivity index (χ3v) is 2.47. The Morgan fingerprint density at radius 1 is 1.50 bits per heavy atom. The third kappa shape index (κ3) is 2.96. The highest BCUT2D eigenvalue weighted by molar-refractivity contribution is 7.08. The van der Waals surface area contributed by atoms with E-state index in [1.165, 1.54) is 11.3 Å². The maximum Gasteiger partial charge on any atom is 0.222 e. The number of thiophene rings is 1. The molecule has 1 aromatic heterocycles. The molecule has 0 aromatic carbocycles. The summed E-state index contributed by atoms with van der Waals surface area (Å²) < 4.78 is 0. The highest BCUT2D eigenvalue weighted by Gasteiger charge is 2.10. The van der Waals surface area contributed by atoms with E-state index in [9.17, 15) is 9.59 Å². The Morgan fingerprint density at radius 3 is 2.71 bits per heavy atom. The van der Waals surface area contributed by atoms with E-state index in [0.717, 1.165) is 0 Å². The molecule has 1 aromatic rings. The number of hydrogen-bond acceptors (Lipinski definition) is 3. The van der Waals surface area contributed by atoms with Crippen molar-refractivity contribution in [3.05, 3.63) is 22.4 Å². The molecule has 1 N–H and O–H groups in total. The monoisotopic (exact) mass is 211 g/mol. The van der Waals surface area contributed by atoms with E-state index in [1.807, 2.05) is 5.38 Å². The predicted octanol–water partition coefficient (Wildman–Crippen LogP) is 1.70. The van der Waals surface area contributed by atoms with Crippen molar-refractivity contribution in [1.82, 2.24) is 5.32 Å². The number of nitrogens with one attached hydrogen (secondary N) is 1. The van der Waals surface area contributed by atoms with Crippen LogP contribution >= 0.6 is 11.3 Å². The number of ketones is 1. The van der Waals surface area contributed by atoms with Crippen LogP contribution in [0.3, 0.4) is 0 Å². The number of carbonyl (C=O) groups excluding carboxylic acids is 2. The molecule has 0 aliphatic carbocycles. The third-order valence-electron chi connectivity index (χ3n) is 1.79. The van der Waals surface area contributed by atoms with Gasteiger partial charge in [0.25, 0.3) is 0 Å². The summed E-state index contributed by atoms with van der Waals surface area (Å²) in [6.45, 7) is 3.68. The fourth-order valence-corrected chi connectivity index (χ4v) is 1.56. The zero-order chi connectivity index (χ0) is 10.6. The summed E-state index contributed by atoms with van der Waals surface area (Å²) in [7, 11) is 0. The molecule has 1 heterocycles. The van der Waals surface area contributed by atoms with Crippen LogP contribution in [0, 0.1) is 5.92 Å². The number of hydrogen-bond donors (Lipinski definition) is 1. The van der Waals surface area contributed by atoms with Gasteiger partial charge in [0.05, 0.1) is 6.54 Å². The summed E-state index contributed by atoms with van der Waals surface area (Å²) in [6.07, 6.45) is 0. The first-order chi connectivity index (χ1) is 6.61. The largest absolute Gasteiger partial charge is 0.348 e. The van der Waals surface area contributed by atoms with Crippen molar-refractivity contribution in [2.24, 2.45) is 5.92 Å². The van der Waals surface area contributed by atoms with Crippen molar-refractivity contribution in [3.8, 4) is 0 Å². The average molecular weight is 211 g/mol. The first-order valence-corrected chi connectivity index (χ1v) is 5.38. The van der Waals surface area contributed by atoms with Gasteiger partial charge in [-0.25, -0.2) is 0 Å². The molecule has 76 valence electrons. The van der Waals surface area contributed by atoms with Crippen molar-refractivity contribution >= 4 is 23.0 Å². The summed E-state index contributed by atoms with van der Waals surface area (Å²) in [5.41, 5.74) is 0.666. The molecule has 0 fully saturated rings. The zero-order valence-corrected chi connectivity index (χ0v) is 9.06. The molecule has 0 radical (unpaired) electrons. The van der Waals surface area contributed by atoms with Crippen molar-refractivity contribution in [2.45, 2.75) is 13.8 Å². The van der Waals surface area contributed by atoms with Gasteiger partial charge in [0, 0.05) is 16.9 Å². The van der Waals surface area contributed by atoms with Crippen LogP contribution < -0.4 is 5.32 Å². The quantitative estimate of drug-likeness (QED) is 0.770. The molecular formula is C10H13NO2S. The van der Waals surface area contributed by atoms with E-state index in [1.54, 1.807) is 25.3 Å². The van der Waals surface area contributed by atoms with Gasteiger partial charge in [0.1, 0.15) is 0 Å².